The van der Waals surface area contributed by atoms with Gasteiger partial charge >= 0.3 is 0 Å². The van der Waals surface area contributed by atoms with Crippen molar-refractivity contribution in [2.24, 2.45) is 11.8 Å². The van der Waals surface area contributed by atoms with Crippen LogP contribution in [-0.2, 0) is 0 Å². The average molecular weight is 229 g/mol. The molecule has 0 saturated heterocycles. The van der Waals surface area contributed by atoms with Crippen molar-refractivity contribution < 1.29 is 5.11 Å². The fraction of sp³-hybridized carbons (Fsp3) is 1.00. The third-order valence-corrected chi connectivity index (χ3v) is 3.82. The second-order valence-electron chi connectivity index (χ2n) is 4.90. The van der Waals surface area contributed by atoms with Crippen molar-refractivity contribution in [3.05, 3.63) is 0 Å². The number of hydrogen-bond acceptors (Lipinski definition) is 2. The van der Waals surface area contributed by atoms with E-state index in [0.29, 0.717) is 0 Å². The summed E-state index contributed by atoms with van der Waals surface area (Å²) >= 11 is 0. The molecule has 16 heavy (non-hydrogen) atoms. The predicted octanol–water partition coefficient (Wildman–Crippen LogP) is 3.20. The molecular formula is C14H31NO. The van der Waals surface area contributed by atoms with Gasteiger partial charge in [0.05, 0.1) is 0 Å². The average Bonchev–Trinajstić information content (AvgIpc) is 2.53. The quantitative estimate of drug-likeness (QED) is 0.728. The zero-order valence-corrected chi connectivity index (χ0v) is 11.6. The summed E-state index contributed by atoms with van der Waals surface area (Å²) in [6.07, 6.45) is 8.51. The first kappa shape index (κ1) is 15.9. The summed E-state index contributed by atoms with van der Waals surface area (Å²) in [7, 11) is 2.13. The monoisotopic (exact) mass is 229 g/mol. The Morgan fingerprint density at radius 2 is 1.75 bits per heavy atom. The van der Waals surface area contributed by atoms with E-state index in [1.54, 1.807) is 6.92 Å². The molecule has 1 aliphatic carbocycles. The molecule has 2 N–H and O–H groups in total. The second kappa shape index (κ2) is 10.1. The van der Waals surface area contributed by atoms with Gasteiger partial charge in [-0.1, -0.05) is 39.5 Å². The van der Waals surface area contributed by atoms with E-state index in [-0.39, 0.29) is 6.61 Å². The van der Waals surface area contributed by atoms with Gasteiger partial charge in [0.1, 0.15) is 0 Å². The molecule has 1 rings (SSSR count). The van der Waals surface area contributed by atoms with Crippen molar-refractivity contribution in [2.45, 2.75) is 65.3 Å². The zero-order chi connectivity index (χ0) is 12.4. The van der Waals surface area contributed by atoms with Crippen LogP contribution in [0.5, 0.6) is 0 Å². The van der Waals surface area contributed by atoms with E-state index in [1.807, 2.05) is 0 Å². The van der Waals surface area contributed by atoms with Gasteiger partial charge < -0.3 is 10.4 Å². The number of aliphatic hydroxyl groups is 1. The van der Waals surface area contributed by atoms with Crippen molar-refractivity contribution in [3.63, 3.8) is 0 Å². The van der Waals surface area contributed by atoms with Crippen LogP contribution in [0.3, 0.4) is 0 Å². The van der Waals surface area contributed by atoms with E-state index >= 15 is 0 Å². The number of hydrogen-bond donors (Lipinski definition) is 2. The lowest BCUT2D eigenvalue weighted by atomic mass is 9.82. The molecule has 3 atom stereocenters. The number of rotatable bonds is 3. The molecule has 3 unspecified atom stereocenters. The van der Waals surface area contributed by atoms with Gasteiger partial charge in [0, 0.05) is 12.6 Å². The minimum Gasteiger partial charge on any atom is -0.397 e. The van der Waals surface area contributed by atoms with Crippen molar-refractivity contribution in [1.29, 1.82) is 0 Å². The van der Waals surface area contributed by atoms with Crippen molar-refractivity contribution in [1.82, 2.24) is 5.32 Å². The van der Waals surface area contributed by atoms with Crippen LogP contribution in [0.25, 0.3) is 0 Å². The summed E-state index contributed by atoms with van der Waals surface area (Å²) in [5.41, 5.74) is 0. The first-order valence-corrected chi connectivity index (χ1v) is 6.99. The van der Waals surface area contributed by atoms with E-state index in [1.165, 1.54) is 38.5 Å². The highest BCUT2D eigenvalue weighted by atomic mass is 16.2. The van der Waals surface area contributed by atoms with Crippen LogP contribution >= 0.6 is 0 Å². The molecule has 0 bridgehead atoms. The third kappa shape index (κ3) is 5.86. The summed E-state index contributed by atoms with van der Waals surface area (Å²) in [4.78, 5) is 0. The smallest absolute Gasteiger partial charge is 0.0402 e. The maximum Gasteiger partial charge on any atom is 0.0402 e. The fourth-order valence-corrected chi connectivity index (χ4v) is 2.68. The Balaban J connectivity index is 0.000000673. The standard InChI is InChI=1S/C12H25N.C2H6O/c1-4-10(2)11-8-6-5-7-9-12(11)13-3;1-2-3/h10-13H,4-9H2,1-3H3;3H,2H2,1H3. The first-order chi connectivity index (χ1) is 7.71. The van der Waals surface area contributed by atoms with Gasteiger partial charge in [0.25, 0.3) is 0 Å². The first-order valence-electron chi connectivity index (χ1n) is 6.99. The Hall–Kier alpha value is -0.0800. The molecule has 0 aromatic rings. The van der Waals surface area contributed by atoms with Gasteiger partial charge in [-0.2, -0.15) is 0 Å². The lowest BCUT2D eigenvalue weighted by Gasteiger charge is -2.29. The van der Waals surface area contributed by atoms with Crippen LogP contribution in [0.1, 0.15) is 59.3 Å². The van der Waals surface area contributed by atoms with Crippen molar-refractivity contribution in [3.8, 4) is 0 Å². The molecular weight excluding hydrogens is 198 g/mol. The summed E-state index contributed by atoms with van der Waals surface area (Å²) in [5.74, 6) is 1.83. The van der Waals surface area contributed by atoms with Crippen LogP contribution in [0, 0.1) is 11.8 Å². The van der Waals surface area contributed by atoms with Crippen LogP contribution in [0.2, 0.25) is 0 Å². The molecule has 0 aromatic heterocycles. The van der Waals surface area contributed by atoms with Crippen LogP contribution in [0.15, 0.2) is 0 Å². The fourth-order valence-electron chi connectivity index (χ4n) is 2.68. The van der Waals surface area contributed by atoms with Gasteiger partial charge in [-0.05, 0) is 38.6 Å². The van der Waals surface area contributed by atoms with E-state index in [9.17, 15) is 0 Å². The third-order valence-electron chi connectivity index (χ3n) is 3.82. The van der Waals surface area contributed by atoms with Gasteiger partial charge in [-0.25, -0.2) is 0 Å². The molecule has 0 radical (unpaired) electrons. The van der Waals surface area contributed by atoms with E-state index in [0.717, 1.165) is 17.9 Å². The molecule has 2 nitrogen and oxygen atoms in total. The topological polar surface area (TPSA) is 32.3 Å². The molecule has 2 heteroatoms. The van der Waals surface area contributed by atoms with Gasteiger partial charge in [-0.3, -0.25) is 0 Å². The Bertz CT molecular complexity index is 150. The maximum atomic E-state index is 7.57. The Morgan fingerprint density at radius 1 is 1.19 bits per heavy atom. The summed E-state index contributed by atoms with van der Waals surface area (Å²) < 4.78 is 0. The molecule has 98 valence electrons. The Labute approximate surface area is 102 Å². The van der Waals surface area contributed by atoms with Crippen molar-refractivity contribution in [2.75, 3.05) is 13.7 Å². The highest BCUT2D eigenvalue weighted by molar-refractivity contribution is 4.81. The molecule has 0 aromatic carbocycles. The van der Waals surface area contributed by atoms with Crippen LogP contribution < -0.4 is 5.32 Å². The van der Waals surface area contributed by atoms with E-state index < -0.39 is 0 Å². The highest BCUT2D eigenvalue weighted by Crippen LogP contribution is 2.30. The molecule has 0 amide bonds. The number of aliphatic hydroxyl groups excluding tert-OH is 1. The Kier molecular flexibility index (Phi) is 10.0. The molecule has 0 heterocycles. The lowest BCUT2D eigenvalue weighted by molar-refractivity contribution is 0.251. The van der Waals surface area contributed by atoms with E-state index in [4.69, 9.17) is 5.11 Å². The molecule has 1 saturated carbocycles. The predicted molar refractivity (Wildman–Crippen MR) is 71.6 cm³/mol. The maximum absolute atomic E-state index is 7.57. The normalized spacial score (nSPS) is 27.6. The summed E-state index contributed by atoms with van der Waals surface area (Å²) in [6.45, 7) is 6.67. The van der Waals surface area contributed by atoms with Gasteiger partial charge in [-0.15, -0.1) is 0 Å². The van der Waals surface area contributed by atoms with E-state index in [2.05, 4.69) is 26.2 Å². The minimum atomic E-state index is 0.250. The number of nitrogens with one attached hydrogen (secondary N) is 1. The summed E-state index contributed by atoms with van der Waals surface area (Å²) in [5, 5.41) is 11.1. The van der Waals surface area contributed by atoms with Gasteiger partial charge in [0.15, 0.2) is 0 Å². The van der Waals surface area contributed by atoms with Crippen LogP contribution in [0.4, 0.5) is 0 Å². The SMILES string of the molecule is CCC(C)C1CCCCCC1NC.CCO. The molecule has 1 fully saturated rings. The van der Waals surface area contributed by atoms with Gasteiger partial charge in [0.2, 0.25) is 0 Å². The van der Waals surface area contributed by atoms with Crippen LogP contribution in [-0.4, -0.2) is 24.8 Å². The zero-order valence-electron chi connectivity index (χ0n) is 11.6. The molecule has 1 aliphatic rings. The lowest BCUT2D eigenvalue weighted by Crippen LogP contribution is -2.36. The molecule has 0 spiro atoms. The largest absolute Gasteiger partial charge is 0.397 e. The Morgan fingerprint density at radius 3 is 2.25 bits per heavy atom. The second-order valence-corrected chi connectivity index (χ2v) is 4.90. The molecule has 0 aliphatic heterocycles. The van der Waals surface area contributed by atoms with Crippen molar-refractivity contribution >= 4 is 0 Å². The summed E-state index contributed by atoms with van der Waals surface area (Å²) in [6, 6.07) is 0.789. The highest BCUT2D eigenvalue weighted by Gasteiger charge is 2.25. The minimum absolute atomic E-state index is 0.250.